The van der Waals surface area contributed by atoms with Crippen molar-refractivity contribution in [1.29, 1.82) is 0 Å². The second-order valence-electron chi connectivity index (χ2n) is 6.70. The zero-order valence-corrected chi connectivity index (χ0v) is 12.7. The lowest BCUT2D eigenvalue weighted by atomic mass is 9.94. The Labute approximate surface area is 127 Å². The van der Waals surface area contributed by atoms with Gasteiger partial charge in [-0.1, -0.05) is 30.3 Å². The molecule has 3 heteroatoms. The molecule has 1 amide bonds. The number of piperidine rings is 1. The van der Waals surface area contributed by atoms with Gasteiger partial charge in [0.15, 0.2) is 0 Å². The summed E-state index contributed by atoms with van der Waals surface area (Å²) >= 11 is 0. The summed E-state index contributed by atoms with van der Waals surface area (Å²) in [5.74, 6) is 1.01. The molecule has 1 aromatic carbocycles. The van der Waals surface area contributed by atoms with Crippen LogP contribution in [0.15, 0.2) is 30.3 Å². The van der Waals surface area contributed by atoms with Crippen LogP contribution in [0.3, 0.4) is 0 Å². The average molecular weight is 286 g/mol. The van der Waals surface area contributed by atoms with Gasteiger partial charge in [-0.15, -0.1) is 0 Å². The standard InChI is InChI=1S/C18H26N2O/c21-17(20-12-8-16-7-4-11-19-14-16)18(9-10-18)13-15-5-2-1-3-6-15/h1-3,5-6,16,19H,4,7-14H2,(H,20,21). The molecule has 1 atom stereocenters. The van der Waals surface area contributed by atoms with E-state index in [0.29, 0.717) is 0 Å². The zero-order valence-electron chi connectivity index (χ0n) is 12.7. The molecule has 0 radical (unpaired) electrons. The van der Waals surface area contributed by atoms with Gasteiger partial charge in [0.25, 0.3) is 0 Å². The summed E-state index contributed by atoms with van der Waals surface area (Å²) < 4.78 is 0. The molecule has 1 heterocycles. The molecule has 3 rings (SSSR count). The predicted molar refractivity (Wildman–Crippen MR) is 85.0 cm³/mol. The Bertz CT molecular complexity index is 461. The van der Waals surface area contributed by atoms with Crippen molar-refractivity contribution < 1.29 is 4.79 Å². The second-order valence-corrected chi connectivity index (χ2v) is 6.70. The maximum absolute atomic E-state index is 12.4. The van der Waals surface area contributed by atoms with Gasteiger partial charge in [-0.3, -0.25) is 4.79 Å². The molecule has 1 saturated heterocycles. The molecule has 2 N–H and O–H groups in total. The molecule has 0 spiro atoms. The van der Waals surface area contributed by atoms with Gasteiger partial charge in [0.1, 0.15) is 0 Å². The number of hydrogen-bond donors (Lipinski definition) is 2. The monoisotopic (exact) mass is 286 g/mol. The van der Waals surface area contributed by atoms with Crippen molar-refractivity contribution in [3.8, 4) is 0 Å². The molecule has 0 bridgehead atoms. The first-order chi connectivity index (χ1) is 10.3. The predicted octanol–water partition coefficient (Wildman–Crippen LogP) is 2.52. The van der Waals surface area contributed by atoms with Crippen molar-refractivity contribution in [1.82, 2.24) is 10.6 Å². The van der Waals surface area contributed by atoms with Crippen molar-refractivity contribution in [2.24, 2.45) is 11.3 Å². The Morgan fingerprint density at radius 2 is 2.10 bits per heavy atom. The lowest BCUT2D eigenvalue weighted by Crippen LogP contribution is -2.36. The van der Waals surface area contributed by atoms with Gasteiger partial charge in [0, 0.05) is 6.54 Å². The molecule has 1 aromatic rings. The van der Waals surface area contributed by atoms with Crippen molar-refractivity contribution in [3.05, 3.63) is 35.9 Å². The normalized spacial score (nSPS) is 23.5. The summed E-state index contributed by atoms with van der Waals surface area (Å²) in [6.07, 6.45) is 6.66. The Balaban J connectivity index is 1.44. The number of amides is 1. The van der Waals surface area contributed by atoms with E-state index in [4.69, 9.17) is 0 Å². The summed E-state index contributed by atoms with van der Waals surface area (Å²) in [5, 5.41) is 6.62. The molecule has 0 aromatic heterocycles. The number of carbonyl (C=O) groups excluding carboxylic acids is 1. The van der Waals surface area contributed by atoms with Crippen LogP contribution in [0.1, 0.15) is 37.7 Å². The van der Waals surface area contributed by atoms with Crippen LogP contribution in [0.25, 0.3) is 0 Å². The summed E-state index contributed by atoms with van der Waals surface area (Å²) in [6, 6.07) is 10.4. The molecule has 1 unspecified atom stereocenters. The van der Waals surface area contributed by atoms with E-state index in [1.54, 1.807) is 0 Å². The van der Waals surface area contributed by atoms with Crippen molar-refractivity contribution in [2.45, 2.75) is 38.5 Å². The molecule has 2 aliphatic rings. The van der Waals surface area contributed by atoms with Gasteiger partial charge >= 0.3 is 0 Å². The van der Waals surface area contributed by atoms with Crippen LogP contribution in [0, 0.1) is 11.3 Å². The quantitative estimate of drug-likeness (QED) is 0.843. The first kappa shape index (κ1) is 14.6. The lowest BCUT2D eigenvalue weighted by Gasteiger charge is -2.23. The molecule has 1 saturated carbocycles. The highest BCUT2D eigenvalue weighted by molar-refractivity contribution is 5.85. The Morgan fingerprint density at radius 3 is 2.76 bits per heavy atom. The van der Waals surface area contributed by atoms with Gasteiger partial charge in [0.05, 0.1) is 5.41 Å². The van der Waals surface area contributed by atoms with Gasteiger partial charge in [-0.2, -0.15) is 0 Å². The smallest absolute Gasteiger partial charge is 0.226 e. The SMILES string of the molecule is O=C(NCCC1CCCNC1)C1(Cc2ccccc2)CC1. The summed E-state index contributed by atoms with van der Waals surface area (Å²) in [5.41, 5.74) is 1.17. The van der Waals surface area contributed by atoms with Crippen LogP contribution in [-0.2, 0) is 11.2 Å². The van der Waals surface area contributed by atoms with Crippen molar-refractivity contribution in [2.75, 3.05) is 19.6 Å². The highest BCUT2D eigenvalue weighted by Gasteiger charge is 2.49. The maximum atomic E-state index is 12.4. The molecule has 1 aliphatic heterocycles. The average Bonchev–Trinajstić information content (AvgIpc) is 3.30. The van der Waals surface area contributed by atoms with Gasteiger partial charge in [0.2, 0.25) is 5.91 Å². The fourth-order valence-corrected chi connectivity index (χ4v) is 3.37. The zero-order chi connectivity index (χ0) is 14.5. The summed E-state index contributed by atoms with van der Waals surface area (Å²) in [6.45, 7) is 3.11. The van der Waals surface area contributed by atoms with E-state index in [2.05, 4.69) is 34.9 Å². The Hall–Kier alpha value is -1.35. The third-order valence-corrected chi connectivity index (χ3v) is 4.96. The number of hydrogen-bond acceptors (Lipinski definition) is 2. The van der Waals surface area contributed by atoms with E-state index in [1.807, 2.05) is 6.07 Å². The van der Waals surface area contributed by atoms with Crippen LogP contribution in [0.4, 0.5) is 0 Å². The van der Waals surface area contributed by atoms with Crippen LogP contribution in [0.5, 0.6) is 0 Å². The molecule has 1 aliphatic carbocycles. The van der Waals surface area contributed by atoms with E-state index >= 15 is 0 Å². The van der Waals surface area contributed by atoms with Crippen LogP contribution in [0.2, 0.25) is 0 Å². The summed E-state index contributed by atoms with van der Waals surface area (Å²) in [7, 11) is 0. The Morgan fingerprint density at radius 1 is 1.29 bits per heavy atom. The third kappa shape index (κ3) is 3.85. The lowest BCUT2D eigenvalue weighted by molar-refractivity contribution is -0.126. The van der Waals surface area contributed by atoms with E-state index < -0.39 is 0 Å². The van der Waals surface area contributed by atoms with Crippen LogP contribution < -0.4 is 10.6 Å². The molecule has 2 fully saturated rings. The molecular weight excluding hydrogens is 260 g/mol. The van der Waals surface area contributed by atoms with Crippen LogP contribution >= 0.6 is 0 Å². The minimum atomic E-state index is -0.105. The highest BCUT2D eigenvalue weighted by atomic mass is 16.2. The van der Waals surface area contributed by atoms with Gasteiger partial charge < -0.3 is 10.6 Å². The first-order valence-corrected chi connectivity index (χ1v) is 8.31. The van der Waals surface area contributed by atoms with Gasteiger partial charge in [-0.25, -0.2) is 0 Å². The fraction of sp³-hybridized carbons (Fsp3) is 0.611. The van der Waals surface area contributed by atoms with Crippen molar-refractivity contribution in [3.63, 3.8) is 0 Å². The Kier molecular flexibility index (Phi) is 4.59. The van der Waals surface area contributed by atoms with E-state index in [1.165, 1.54) is 18.4 Å². The molecule has 114 valence electrons. The molecule has 21 heavy (non-hydrogen) atoms. The maximum Gasteiger partial charge on any atom is 0.226 e. The number of rotatable bonds is 6. The molecular formula is C18H26N2O. The minimum Gasteiger partial charge on any atom is -0.356 e. The largest absolute Gasteiger partial charge is 0.356 e. The minimum absolute atomic E-state index is 0.105. The topological polar surface area (TPSA) is 41.1 Å². The van der Waals surface area contributed by atoms with Crippen LogP contribution in [-0.4, -0.2) is 25.5 Å². The number of benzene rings is 1. The number of carbonyl (C=O) groups is 1. The summed E-state index contributed by atoms with van der Waals surface area (Å²) in [4.78, 5) is 12.4. The highest BCUT2D eigenvalue weighted by Crippen LogP contribution is 2.48. The first-order valence-electron chi connectivity index (χ1n) is 8.31. The van der Waals surface area contributed by atoms with Gasteiger partial charge in [-0.05, 0) is 63.1 Å². The van der Waals surface area contributed by atoms with E-state index in [9.17, 15) is 4.79 Å². The number of nitrogens with one attached hydrogen (secondary N) is 2. The van der Waals surface area contributed by atoms with E-state index in [0.717, 1.165) is 51.2 Å². The fourth-order valence-electron chi connectivity index (χ4n) is 3.37. The third-order valence-electron chi connectivity index (χ3n) is 4.96. The second kappa shape index (κ2) is 6.61. The molecule has 3 nitrogen and oxygen atoms in total. The van der Waals surface area contributed by atoms with E-state index in [-0.39, 0.29) is 11.3 Å². The van der Waals surface area contributed by atoms with Crippen molar-refractivity contribution >= 4 is 5.91 Å².